The van der Waals surface area contributed by atoms with E-state index in [1.807, 2.05) is 0 Å². The zero-order valence-electron chi connectivity index (χ0n) is 13.3. The van der Waals surface area contributed by atoms with Gasteiger partial charge in [0.2, 0.25) is 0 Å². The van der Waals surface area contributed by atoms with Crippen LogP contribution in [0.15, 0.2) is 0 Å². The Morgan fingerprint density at radius 3 is 2.53 bits per heavy atom. The van der Waals surface area contributed by atoms with Gasteiger partial charge in [-0.25, -0.2) is 0 Å². The van der Waals surface area contributed by atoms with Gasteiger partial charge in [-0.3, -0.25) is 0 Å². The molecule has 0 aliphatic heterocycles. The second-order valence-corrected chi connectivity index (χ2v) is 8.24. The largest absolute Gasteiger partial charge is 0.315 e. The van der Waals surface area contributed by atoms with E-state index in [0.717, 1.165) is 23.8 Å². The molecule has 19 heavy (non-hydrogen) atoms. The lowest BCUT2D eigenvalue weighted by molar-refractivity contribution is 0.138. The Bertz CT molecular complexity index is 325. The molecule has 0 saturated heterocycles. The van der Waals surface area contributed by atoms with Gasteiger partial charge in [-0.1, -0.05) is 20.3 Å². The third-order valence-electron chi connectivity index (χ3n) is 6.60. The van der Waals surface area contributed by atoms with E-state index in [2.05, 4.69) is 38.2 Å². The number of rotatable bonds is 4. The first-order chi connectivity index (χ1) is 9.01. The maximum atomic E-state index is 3.60. The molecular formula is C17H32N2. The molecule has 0 radical (unpaired) electrons. The monoisotopic (exact) mass is 264 g/mol. The number of hydrogen-bond acceptors (Lipinski definition) is 2. The summed E-state index contributed by atoms with van der Waals surface area (Å²) in [7, 11) is 4.53. The first-order valence-electron chi connectivity index (χ1n) is 8.39. The number of hydrogen-bond donors (Lipinski definition) is 1. The van der Waals surface area contributed by atoms with Crippen molar-refractivity contribution >= 4 is 0 Å². The van der Waals surface area contributed by atoms with E-state index in [-0.39, 0.29) is 0 Å². The second-order valence-electron chi connectivity index (χ2n) is 8.24. The van der Waals surface area contributed by atoms with Crippen LogP contribution in [-0.2, 0) is 0 Å². The van der Waals surface area contributed by atoms with Gasteiger partial charge in [0.25, 0.3) is 0 Å². The average molecular weight is 264 g/mol. The van der Waals surface area contributed by atoms with Crippen LogP contribution >= 0.6 is 0 Å². The molecular weight excluding hydrogens is 232 g/mol. The number of nitrogens with zero attached hydrogens (tertiary/aromatic N) is 1. The number of fused-ring (bicyclic) bond motifs is 2. The van der Waals surface area contributed by atoms with Gasteiger partial charge >= 0.3 is 0 Å². The van der Waals surface area contributed by atoms with E-state index in [4.69, 9.17) is 0 Å². The van der Waals surface area contributed by atoms with Crippen LogP contribution in [0.3, 0.4) is 0 Å². The Morgan fingerprint density at radius 1 is 1.16 bits per heavy atom. The summed E-state index contributed by atoms with van der Waals surface area (Å²) < 4.78 is 0. The number of likely N-dealkylation sites (N-methyl/N-ethyl adjacent to an activating group) is 2. The molecule has 3 rings (SSSR count). The molecule has 3 aliphatic rings. The zero-order chi connectivity index (χ0) is 13.6. The minimum Gasteiger partial charge on any atom is -0.315 e. The Hall–Kier alpha value is -0.0800. The lowest BCUT2D eigenvalue weighted by Gasteiger charge is -2.37. The van der Waals surface area contributed by atoms with Crippen molar-refractivity contribution in [3.05, 3.63) is 0 Å². The lowest BCUT2D eigenvalue weighted by atomic mass is 9.85. The predicted molar refractivity (Wildman–Crippen MR) is 81.2 cm³/mol. The molecule has 0 spiro atoms. The molecule has 5 unspecified atom stereocenters. The van der Waals surface area contributed by atoms with Crippen molar-refractivity contribution in [3.8, 4) is 0 Å². The van der Waals surface area contributed by atoms with Crippen molar-refractivity contribution in [2.45, 2.75) is 64.5 Å². The van der Waals surface area contributed by atoms with E-state index in [1.165, 1.54) is 38.6 Å². The Balaban J connectivity index is 1.60. The van der Waals surface area contributed by atoms with Crippen LogP contribution in [-0.4, -0.2) is 37.6 Å². The Morgan fingerprint density at radius 2 is 1.95 bits per heavy atom. The molecule has 0 heterocycles. The van der Waals surface area contributed by atoms with Crippen molar-refractivity contribution in [3.63, 3.8) is 0 Å². The minimum atomic E-state index is 0.461. The van der Waals surface area contributed by atoms with Crippen LogP contribution in [0.2, 0.25) is 0 Å². The molecule has 110 valence electrons. The number of nitrogens with one attached hydrogen (secondary N) is 1. The fraction of sp³-hybridized carbons (Fsp3) is 1.00. The summed E-state index contributed by atoms with van der Waals surface area (Å²) in [6, 6.07) is 1.41. The molecule has 3 aliphatic carbocycles. The molecule has 0 aromatic carbocycles. The van der Waals surface area contributed by atoms with Crippen molar-refractivity contribution in [2.24, 2.45) is 23.2 Å². The van der Waals surface area contributed by atoms with Crippen molar-refractivity contribution in [2.75, 3.05) is 20.6 Å². The second kappa shape index (κ2) is 5.04. The summed E-state index contributed by atoms with van der Waals surface area (Å²) in [6.45, 7) is 6.21. The van der Waals surface area contributed by atoms with Gasteiger partial charge in [0.05, 0.1) is 0 Å². The first-order valence-corrected chi connectivity index (χ1v) is 8.39. The fourth-order valence-electron chi connectivity index (χ4n) is 5.53. The first kappa shape index (κ1) is 13.9. The fourth-order valence-corrected chi connectivity index (χ4v) is 5.53. The molecule has 5 atom stereocenters. The maximum absolute atomic E-state index is 3.60. The highest BCUT2D eigenvalue weighted by atomic mass is 15.2. The van der Waals surface area contributed by atoms with Gasteiger partial charge in [-0.05, 0) is 69.4 Å². The van der Waals surface area contributed by atoms with E-state index >= 15 is 0 Å². The zero-order valence-corrected chi connectivity index (χ0v) is 13.3. The smallest absolute Gasteiger partial charge is 0.0271 e. The molecule has 1 N–H and O–H groups in total. The minimum absolute atomic E-state index is 0.461. The van der Waals surface area contributed by atoms with Crippen LogP contribution in [0.1, 0.15) is 52.4 Å². The van der Waals surface area contributed by atoms with Gasteiger partial charge < -0.3 is 10.2 Å². The van der Waals surface area contributed by atoms with Crippen LogP contribution in [0.4, 0.5) is 0 Å². The topological polar surface area (TPSA) is 15.3 Å². The Labute approximate surface area is 119 Å². The van der Waals surface area contributed by atoms with Crippen molar-refractivity contribution < 1.29 is 0 Å². The molecule has 2 nitrogen and oxygen atoms in total. The molecule has 3 fully saturated rings. The average Bonchev–Trinajstić information content (AvgIpc) is 3.01. The molecule has 2 bridgehead atoms. The van der Waals surface area contributed by atoms with Gasteiger partial charge in [0.15, 0.2) is 0 Å². The normalized spacial score (nSPS) is 44.4. The Kier molecular flexibility index (Phi) is 3.68. The van der Waals surface area contributed by atoms with Crippen molar-refractivity contribution in [1.29, 1.82) is 0 Å². The highest BCUT2D eigenvalue weighted by molar-refractivity contribution is 5.01. The van der Waals surface area contributed by atoms with Gasteiger partial charge in [0, 0.05) is 18.6 Å². The summed E-state index contributed by atoms with van der Waals surface area (Å²) in [5.74, 6) is 3.16. The molecule has 2 heteroatoms. The standard InChI is InChI=1S/C17H32N2/c1-17(2)8-7-15(16(17)18-3)19(4)11-14-10-12-5-6-13(14)9-12/h12-16,18H,5-11H2,1-4H3. The van der Waals surface area contributed by atoms with E-state index in [9.17, 15) is 0 Å². The summed E-state index contributed by atoms with van der Waals surface area (Å²) in [5.41, 5.74) is 0.461. The third-order valence-corrected chi connectivity index (χ3v) is 6.60. The molecule has 0 aromatic heterocycles. The molecule has 3 saturated carbocycles. The van der Waals surface area contributed by atoms with Crippen LogP contribution in [0.25, 0.3) is 0 Å². The third kappa shape index (κ3) is 2.47. The van der Waals surface area contributed by atoms with Gasteiger partial charge in [-0.15, -0.1) is 0 Å². The van der Waals surface area contributed by atoms with E-state index in [0.29, 0.717) is 11.5 Å². The van der Waals surface area contributed by atoms with E-state index in [1.54, 1.807) is 6.42 Å². The summed E-state index contributed by atoms with van der Waals surface area (Å²) in [4.78, 5) is 2.70. The molecule has 0 aromatic rings. The van der Waals surface area contributed by atoms with Crippen molar-refractivity contribution in [1.82, 2.24) is 10.2 Å². The van der Waals surface area contributed by atoms with Crippen LogP contribution in [0, 0.1) is 23.2 Å². The maximum Gasteiger partial charge on any atom is 0.0271 e. The SMILES string of the molecule is CNC1C(N(C)CC2CC3CCC2C3)CCC1(C)C. The van der Waals surface area contributed by atoms with Gasteiger partial charge in [-0.2, -0.15) is 0 Å². The highest BCUT2D eigenvalue weighted by Gasteiger charge is 2.45. The van der Waals surface area contributed by atoms with E-state index < -0.39 is 0 Å². The quantitative estimate of drug-likeness (QED) is 0.839. The summed E-state index contributed by atoms with van der Waals surface area (Å²) in [6.07, 6.45) is 8.86. The summed E-state index contributed by atoms with van der Waals surface area (Å²) in [5, 5.41) is 3.60. The lowest BCUT2D eigenvalue weighted by Crippen LogP contribution is -2.50. The van der Waals surface area contributed by atoms with Crippen LogP contribution in [0.5, 0.6) is 0 Å². The predicted octanol–water partition coefficient (Wildman–Crippen LogP) is 3.13. The highest BCUT2D eigenvalue weighted by Crippen LogP contribution is 2.49. The molecule has 0 amide bonds. The van der Waals surface area contributed by atoms with Gasteiger partial charge in [0.1, 0.15) is 0 Å². The summed E-state index contributed by atoms with van der Waals surface area (Å²) >= 11 is 0. The van der Waals surface area contributed by atoms with Crippen LogP contribution < -0.4 is 5.32 Å².